The minimum absolute atomic E-state index is 0.0553. The van der Waals surface area contributed by atoms with Crippen LogP contribution in [0.25, 0.3) is 6.08 Å². The summed E-state index contributed by atoms with van der Waals surface area (Å²) < 4.78 is 0. The summed E-state index contributed by atoms with van der Waals surface area (Å²) in [7, 11) is 0. The smallest absolute Gasteiger partial charge is 0.268 e. The highest BCUT2D eigenvalue weighted by Gasteiger charge is 2.35. The van der Waals surface area contributed by atoms with Crippen molar-refractivity contribution in [2.24, 2.45) is 0 Å². The molecule has 1 fully saturated rings. The number of hydrogen-bond donors (Lipinski definition) is 0. The predicted molar refractivity (Wildman–Crippen MR) is 97.7 cm³/mol. The second kappa shape index (κ2) is 7.38. The van der Waals surface area contributed by atoms with Gasteiger partial charge in [0, 0.05) is 18.2 Å². The van der Waals surface area contributed by atoms with Crippen molar-refractivity contribution in [2.75, 3.05) is 0 Å². The maximum absolute atomic E-state index is 12.5. The van der Waals surface area contributed by atoms with Gasteiger partial charge >= 0.3 is 0 Å². The maximum atomic E-state index is 12.5. The van der Waals surface area contributed by atoms with Crippen molar-refractivity contribution in [3.8, 4) is 0 Å². The molecule has 9 nitrogen and oxygen atoms in total. The number of rotatable bonds is 5. The van der Waals surface area contributed by atoms with Gasteiger partial charge in [-0.2, -0.15) is 0 Å². The molecule has 0 bridgehead atoms. The molecule has 2 aromatic rings. The molecule has 0 radical (unpaired) electrons. The standard InChI is InChI=1S/C17H11N3O6S/c21-16-15(9-12-5-1-2-7-14(12)20(25)26)27-17(22)18(16)10-11-4-3-6-13(8-11)19(23)24/h1-9H,10H2/b15-9+. The summed E-state index contributed by atoms with van der Waals surface area (Å²) in [6.45, 7) is -0.124. The monoisotopic (exact) mass is 385 g/mol. The number of amides is 2. The van der Waals surface area contributed by atoms with Gasteiger partial charge in [0.05, 0.1) is 26.9 Å². The van der Waals surface area contributed by atoms with Crippen LogP contribution in [0.1, 0.15) is 11.1 Å². The molecule has 3 rings (SSSR count). The third-order valence-corrected chi connectivity index (χ3v) is 4.66. The van der Waals surface area contributed by atoms with Crippen LogP contribution >= 0.6 is 11.8 Å². The summed E-state index contributed by atoms with van der Waals surface area (Å²) in [6.07, 6.45) is 1.30. The van der Waals surface area contributed by atoms with Crippen LogP contribution in [0.4, 0.5) is 16.2 Å². The van der Waals surface area contributed by atoms with Crippen LogP contribution in [-0.4, -0.2) is 25.9 Å². The highest BCUT2D eigenvalue weighted by molar-refractivity contribution is 8.18. The molecule has 0 aromatic heterocycles. The number of para-hydroxylation sites is 1. The fourth-order valence-electron chi connectivity index (χ4n) is 2.50. The Morgan fingerprint density at radius 2 is 1.74 bits per heavy atom. The highest BCUT2D eigenvalue weighted by Crippen LogP contribution is 2.35. The zero-order chi connectivity index (χ0) is 19.6. The van der Waals surface area contributed by atoms with E-state index in [0.717, 1.165) is 4.90 Å². The van der Waals surface area contributed by atoms with E-state index in [9.17, 15) is 29.8 Å². The number of nitro groups is 2. The molecule has 0 atom stereocenters. The first-order valence-electron chi connectivity index (χ1n) is 7.59. The van der Waals surface area contributed by atoms with Gasteiger partial charge in [0.1, 0.15) is 0 Å². The number of thioether (sulfide) groups is 1. The van der Waals surface area contributed by atoms with E-state index in [1.807, 2.05) is 0 Å². The van der Waals surface area contributed by atoms with Crippen LogP contribution in [0, 0.1) is 20.2 Å². The van der Waals surface area contributed by atoms with Gasteiger partial charge in [0.25, 0.3) is 22.5 Å². The van der Waals surface area contributed by atoms with E-state index in [1.54, 1.807) is 12.1 Å². The number of nitrogens with zero attached hydrogens (tertiary/aromatic N) is 3. The molecule has 1 aliphatic rings. The molecule has 0 unspecified atom stereocenters. The Kier molecular flexibility index (Phi) is 4.99. The van der Waals surface area contributed by atoms with Gasteiger partial charge in [-0.15, -0.1) is 0 Å². The van der Waals surface area contributed by atoms with Crippen LogP contribution in [0.5, 0.6) is 0 Å². The second-order valence-electron chi connectivity index (χ2n) is 5.51. The Labute approximate surface area is 156 Å². The third-order valence-electron chi connectivity index (χ3n) is 3.76. The van der Waals surface area contributed by atoms with Gasteiger partial charge < -0.3 is 0 Å². The summed E-state index contributed by atoms with van der Waals surface area (Å²) >= 11 is 0.669. The molecule has 0 spiro atoms. The first-order valence-corrected chi connectivity index (χ1v) is 8.40. The lowest BCUT2D eigenvalue weighted by molar-refractivity contribution is -0.385. The fraction of sp³-hybridized carbons (Fsp3) is 0.0588. The number of hydrogen-bond acceptors (Lipinski definition) is 7. The van der Waals surface area contributed by atoms with Gasteiger partial charge in [-0.3, -0.25) is 34.7 Å². The molecule has 0 saturated carbocycles. The van der Waals surface area contributed by atoms with Crippen molar-refractivity contribution in [3.63, 3.8) is 0 Å². The summed E-state index contributed by atoms with van der Waals surface area (Å²) in [5.74, 6) is -0.602. The van der Waals surface area contributed by atoms with Gasteiger partial charge in [0.2, 0.25) is 0 Å². The molecule has 1 aliphatic heterocycles. The first-order chi connectivity index (χ1) is 12.9. The van der Waals surface area contributed by atoms with Crippen LogP contribution in [0.2, 0.25) is 0 Å². The number of imide groups is 1. The van der Waals surface area contributed by atoms with E-state index in [0.29, 0.717) is 17.3 Å². The molecule has 1 heterocycles. The average Bonchev–Trinajstić information content (AvgIpc) is 2.89. The molecular formula is C17H11N3O6S. The lowest BCUT2D eigenvalue weighted by Gasteiger charge is -2.12. The zero-order valence-corrected chi connectivity index (χ0v) is 14.4. The lowest BCUT2D eigenvalue weighted by Crippen LogP contribution is -2.27. The predicted octanol–water partition coefficient (Wildman–Crippen LogP) is 3.74. The number of carbonyl (C=O) groups excluding carboxylic acids is 2. The summed E-state index contributed by atoms with van der Waals surface area (Å²) in [5.41, 5.74) is 0.319. The minimum Gasteiger partial charge on any atom is -0.268 e. The maximum Gasteiger partial charge on any atom is 0.293 e. The van der Waals surface area contributed by atoms with Crippen LogP contribution in [0.3, 0.4) is 0 Å². The van der Waals surface area contributed by atoms with Crippen molar-refractivity contribution >= 4 is 40.4 Å². The third kappa shape index (κ3) is 3.85. The molecule has 1 saturated heterocycles. The van der Waals surface area contributed by atoms with Crippen molar-refractivity contribution in [1.82, 2.24) is 4.90 Å². The topological polar surface area (TPSA) is 124 Å². The number of non-ortho nitro benzene ring substituents is 1. The van der Waals surface area contributed by atoms with E-state index in [4.69, 9.17) is 0 Å². The lowest BCUT2D eigenvalue weighted by atomic mass is 10.1. The Morgan fingerprint density at radius 3 is 2.44 bits per heavy atom. The first kappa shape index (κ1) is 18.3. The van der Waals surface area contributed by atoms with E-state index in [1.165, 1.54) is 42.5 Å². The quantitative estimate of drug-likeness (QED) is 0.436. The normalized spacial score (nSPS) is 15.4. The van der Waals surface area contributed by atoms with Crippen LogP contribution in [0.15, 0.2) is 53.4 Å². The van der Waals surface area contributed by atoms with Gasteiger partial charge in [-0.05, 0) is 29.5 Å². The molecule has 0 N–H and O–H groups in total. The molecule has 2 aromatic carbocycles. The Balaban J connectivity index is 1.87. The molecule has 27 heavy (non-hydrogen) atoms. The Morgan fingerprint density at radius 1 is 1.00 bits per heavy atom. The highest BCUT2D eigenvalue weighted by atomic mass is 32.2. The molecule has 0 aliphatic carbocycles. The average molecular weight is 385 g/mol. The summed E-state index contributed by atoms with van der Waals surface area (Å²) in [6, 6.07) is 11.5. The summed E-state index contributed by atoms with van der Waals surface area (Å²) in [4.78, 5) is 46.5. The SMILES string of the molecule is O=C1S/C(=C/c2ccccc2[N+](=O)[O-])C(=O)N1Cc1cccc([N+](=O)[O-])c1. The van der Waals surface area contributed by atoms with Crippen molar-refractivity contribution < 1.29 is 19.4 Å². The summed E-state index contributed by atoms with van der Waals surface area (Å²) in [5, 5.41) is 21.4. The van der Waals surface area contributed by atoms with Crippen LogP contribution in [-0.2, 0) is 11.3 Å². The Bertz CT molecular complexity index is 1000. The van der Waals surface area contributed by atoms with Crippen molar-refractivity contribution in [2.45, 2.75) is 6.54 Å². The van der Waals surface area contributed by atoms with E-state index < -0.39 is 21.0 Å². The largest absolute Gasteiger partial charge is 0.293 e. The number of carbonyl (C=O) groups is 2. The number of nitro benzene ring substituents is 2. The fourth-order valence-corrected chi connectivity index (χ4v) is 3.33. The minimum atomic E-state index is -0.602. The van der Waals surface area contributed by atoms with Crippen LogP contribution < -0.4 is 0 Å². The molecule has 10 heteroatoms. The van der Waals surface area contributed by atoms with Crippen molar-refractivity contribution in [1.29, 1.82) is 0 Å². The van der Waals surface area contributed by atoms with Crippen molar-refractivity contribution in [3.05, 3.63) is 84.8 Å². The van der Waals surface area contributed by atoms with E-state index >= 15 is 0 Å². The zero-order valence-electron chi connectivity index (χ0n) is 13.6. The van der Waals surface area contributed by atoms with Gasteiger partial charge in [-0.1, -0.05) is 24.3 Å². The van der Waals surface area contributed by atoms with Gasteiger partial charge in [-0.25, -0.2) is 0 Å². The van der Waals surface area contributed by atoms with E-state index in [2.05, 4.69) is 0 Å². The second-order valence-corrected chi connectivity index (χ2v) is 6.50. The molecule has 2 amide bonds. The number of benzene rings is 2. The van der Waals surface area contributed by atoms with Gasteiger partial charge in [0.15, 0.2) is 0 Å². The molecule has 136 valence electrons. The molecular weight excluding hydrogens is 374 g/mol. The van der Waals surface area contributed by atoms with E-state index in [-0.39, 0.29) is 28.4 Å². The Hall–Kier alpha value is -3.53.